The normalized spacial score (nSPS) is 12.2. The molecule has 0 spiro atoms. The topological polar surface area (TPSA) is 32.9 Å². The van der Waals surface area contributed by atoms with Gasteiger partial charge in [0.25, 0.3) is 0 Å². The third kappa shape index (κ3) is 3.85. The number of hydrogen-bond donors (Lipinski definition) is 1. The van der Waals surface area contributed by atoms with E-state index in [9.17, 15) is 4.79 Å². The Balaban J connectivity index is 1.79. The molecule has 0 radical (unpaired) electrons. The molecule has 1 heterocycles. The summed E-state index contributed by atoms with van der Waals surface area (Å²) >= 11 is 9.63. The first-order chi connectivity index (χ1) is 13.1. The minimum atomic E-state index is -0.0574. The van der Waals surface area contributed by atoms with Crippen LogP contribution in [0.5, 0.6) is 0 Å². The van der Waals surface area contributed by atoms with Gasteiger partial charge in [-0.05, 0) is 41.5 Å². The Hall–Kier alpha value is -2.36. The van der Waals surface area contributed by atoms with Gasteiger partial charge in [0.15, 0.2) is 5.78 Å². The number of nitrogens with one attached hydrogen (secondary N) is 1. The van der Waals surface area contributed by atoms with Gasteiger partial charge in [-0.3, -0.25) is 4.79 Å². The lowest BCUT2D eigenvalue weighted by atomic mass is 9.85. The Morgan fingerprint density at radius 1 is 1.00 bits per heavy atom. The van der Waals surface area contributed by atoms with Gasteiger partial charge in [0.2, 0.25) is 0 Å². The Morgan fingerprint density at radius 3 is 2.48 bits per heavy atom. The number of ketones is 1. The lowest BCUT2D eigenvalue weighted by Crippen LogP contribution is -2.09. The van der Waals surface area contributed by atoms with Crippen molar-refractivity contribution in [2.24, 2.45) is 0 Å². The number of aromatic amines is 1. The van der Waals surface area contributed by atoms with E-state index in [1.807, 2.05) is 72.9 Å². The molecule has 0 amide bonds. The molecule has 4 aromatic rings. The minimum Gasteiger partial charge on any atom is -0.361 e. The van der Waals surface area contributed by atoms with E-state index in [4.69, 9.17) is 11.6 Å². The molecule has 4 heteroatoms. The first-order valence-electron chi connectivity index (χ1n) is 8.72. The van der Waals surface area contributed by atoms with Crippen molar-refractivity contribution in [2.75, 3.05) is 0 Å². The molecule has 2 nitrogen and oxygen atoms in total. The van der Waals surface area contributed by atoms with Crippen LogP contribution < -0.4 is 0 Å². The molecule has 3 aromatic carbocycles. The number of Topliss-reactive ketones (excluding diaryl/α,β-unsaturated/α-hetero) is 1. The van der Waals surface area contributed by atoms with Crippen molar-refractivity contribution in [3.63, 3.8) is 0 Å². The van der Waals surface area contributed by atoms with Crippen LogP contribution in [0.4, 0.5) is 0 Å². The third-order valence-electron chi connectivity index (χ3n) is 4.81. The van der Waals surface area contributed by atoms with Crippen LogP contribution in [-0.4, -0.2) is 10.8 Å². The number of halogens is 2. The fourth-order valence-electron chi connectivity index (χ4n) is 3.43. The van der Waals surface area contributed by atoms with Crippen LogP contribution in [0.25, 0.3) is 10.9 Å². The van der Waals surface area contributed by atoms with Crippen LogP contribution in [-0.2, 0) is 0 Å². The van der Waals surface area contributed by atoms with E-state index < -0.39 is 0 Å². The third-order valence-corrected chi connectivity index (χ3v) is 5.55. The maximum atomic E-state index is 12.9. The van der Waals surface area contributed by atoms with Gasteiger partial charge >= 0.3 is 0 Å². The largest absolute Gasteiger partial charge is 0.361 e. The Morgan fingerprint density at radius 2 is 1.74 bits per heavy atom. The van der Waals surface area contributed by atoms with E-state index >= 15 is 0 Å². The second kappa shape index (κ2) is 7.71. The van der Waals surface area contributed by atoms with Gasteiger partial charge in [0.1, 0.15) is 0 Å². The zero-order valence-corrected chi connectivity index (χ0v) is 16.8. The summed E-state index contributed by atoms with van der Waals surface area (Å²) in [5, 5.41) is 1.80. The first-order valence-corrected chi connectivity index (χ1v) is 9.89. The molecule has 134 valence electrons. The van der Waals surface area contributed by atoms with Gasteiger partial charge in [-0.25, -0.2) is 0 Å². The molecular weight excluding hydrogens is 422 g/mol. The highest BCUT2D eigenvalue weighted by molar-refractivity contribution is 9.10. The van der Waals surface area contributed by atoms with E-state index in [0.29, 0.717) is 11.4 Å². The Kier molecular flexibility index (Phi) is 5.15. The van der Waals surface area contributed by atoms with Gasteiger partial charge < -0.3 is 4.98 Å². The molecule has 1 unspecified atom stereocenters. The quantitative estimate of drug-likeness (QED) is 0.335. The van der Waals surface area contributed by atoms with Crippen molar-refractivity contribution in [1.82, 2.24) is 4.98 Å². The molecule has 0 fully saturated rings. The standard InChI is InChI=1S/C23H17BrClNO/c24-17-8-11-22-20(12-17)21(14-26-22)19(15-6-9-18(25)10-7-15)13-23(27)16-4-2-1-3-5-16/h1-12,14,19,26H,13H2. The van der Waals surface area contributed by atoms with Gasteiger partial charge in [0.05, 0.1) is 0 Å². The van der Waals surface area contributed by atoms with E-state index in [0.717, 1.165) is 32.1 Å². The van der Waals surface area contributed by atoms with Crippen molar-refractivity contribution in [3.05, 3.63) is 105 Å². The molecule has 1 N–H and O–H groups in total. The Labute approximate surface area is 171 Å². The summed E-state index contributed by atoms with van der Waals surface area (Å²) in [5.74, 6) is 0.0675. The Bertz CT molecular complexity index is 1090. The number of benzene rings is 3. The molecule has 0 saturated carbocycles. The SMILES string of the molecule is O=C(CC(c1ccc(Cl)cc1)c1c[nH]c2ccc(Br)cc12)c1ccccc1. The van der Waals surface area contributed by atoms with E-state index in [1.54, 1.807) is 0 Å². The van der Waals surface area contributed by atoms with E-state index in [2.05, 4.69) is 27.0 Å². The highest BCUT2D eigenvalue weighted by Gasteiger charge is 2.22. The van der Waals surface area contributed by atoms with Crippen LogP contribution in [0.1, 0.15) is 33.8 Å². The molecule has 0 aliphatic rings. The van der Waals surface area contributed by atoms with Crippen molar-refractivity contribution in [1.29, 1.82) is 0 Å². The second-order valence-electron chi connectivity index (χ2n) is 6.53. The van der Waals surface area contributed by atoms with Gasteiger partial charge in [-0.15, -0.1) is 0 Å². The zero-order valence-electron chi connectivity index (χ0n) is 14.5. The maximum Gasteiger partial charge on any atom is 0.163 e. The average Bonchev–Trinajstić information content (AvgIpc) is 3.10. The molecule has 27 heavy (non-hydrogen) atoms. The number of rotatable bonds is 5. The van der Waals surface area contributed by atoms with Gasteiger partial charge in [-0.2, -0.15) is 0 Å². The lowest BCUT2D eigenvalue weighted by Gasteiger charge is -2.17. The lowest BCUT2D eigenvalue weighted by molar-refractivity contribution is 0.0978. The minimum absolute atomic E-state index is 0.0574. The highest BCUT2D eigenvalue weighted by Crippen LogP contribution is 2.35. The summed E-state index contributed by atoms with van der Waals surface area (Å²) in [6.07, 6.45) is 2.40. The summed E-state index contributed by atoms with van der Waals surface area (Å²) < 4.78 is 1.01. The van der Waals surface area contributed by atoms with Gasteiger partial charge in [-0.1, -0.05) is 70.0 Å². The molecule has 0 aliphatic carbocycles. The average molecular weight is 439 g/mol. The summed E-state index contributed by atoms with van der Waals surface area (Å²) in [5.41, 5.74) is 3.97. The predicted octanol–water partition coefficient (Wildman–Crippen LogP) is 6.99. The number of aromatic nitrogens is 1. The zero-order chi connectivity index (χ0) is 18.8. The number of carbonyl (C=O) groups is 1. The number of fused-ring (bicyclic) bond motifs is 1. The van der Waals surface area contributed by atoms with Gasteiger partial charge in [0, 0.05) is 44.5 Å². The van der Waals surface area contributed by atoms with Crippen molar-refractivity contribution < 1.29 is 4.79 Å². The van der Waals surface area contributed by atoms with Crippen LogP contribution >= 0.6 is 27.5 Å². The molecule has 4 rings (SSSR count). The van der Waals surface area contributed by atoms with E-state index in [1.165, 1.54) is 0 Å². The van der Waals surface area contributed by atoms with Crippen LogP contribution in [0.15, 0.2) is 83.5 Å². The molecule has 0 aliphatic heterocycles. The molecule has 1 atom stereocenters. The molecule has 0 saturated heterocycles. The summed E-state index contributed by atoms with van der Waals surface area (Å²) in [7, 11) is 0. The number of carbonyl (C=O) groups excluding carboxylic acids is 1. The number of H-pyrrole nitrogens is 1. The highest BCUT2D eigenvalue weighted by atomic mass is 79.9. The van der Waals surface area contributed by atoms with Crippen molar-refractivity contribution in [2.45, 2.75) is 12.3 Å². The summed E-state index contributed by atoms with van der Waals surface area (Å²) in [6.45, 7) is 0. The van der Waals surface area contributed by atoms with Crippen LogP contribution in [0, 0.1) is 0 Å². The fourth-order valence-corrected chi connectivity index (χ4v) is 3.92. The van der Waals surface area contributed by atoms with Crippen LogP contribution in [0.2, 0.25) is 5.02 Å². The smallest absolute Gasteiger partial charge is 0.163 e. The summed E-state index contributed by atoms with van der Waals surface area (Å²) in [4.78, 5) is 16.3. The molecule has 1 aromatic heterocycles. The van der Waals surface area contributed by atoms with Crippen LogP contribution in [0.3, 0.4) is 0 Å². The monoisotopic (exact) mass is 437 g/mol. The molecular formula is C23H17BrClNO. The van der Waals surface area contributed by atoms with Crippen molar-refractivity contribution >= 4 is 44.2 Å². The summed E-state index contributed by atoms with van der Waals surface area (Å²) in [6, 6.07) is 23.4. The number of hydrogen-bond acceptors (Lipinski definition) is 1. The second-order valence-corrected chi connectivity index (χ2v) is 7.88. The maximum absolute atomic E-state index is 12.9. The molecule has 0 bridgehead atoms. The fraction of sp³-hybridized carbons (Fsp3) is 0.0870. The predicted molar refractivity (Wildman–Crippen MR) is 115 cm³/mol. The first kappa shape index (κ1) is 18.0. The van der Waals surface area contributed by atoms with Crippen molar-refractivity contribution in [3.8, 4) is 0 Å². The van der Waals surface area contributed by atoms with E-state index in [-0.39, 0.29) is 11.7 Å².